The van der Waals surface area contributed by atoms with E-state index in [0.29, 0.717) is 5.69 Å². The first-order chi connectivity index (χ1) is 8.00. The lowest BCUT2D eigenvalue weighted by molar-refractivity contribution is -0.133. The zero-order chi connectivity index (χ0) is 12.8. The predicted octanol–water partition coefficient (Wildman–Crippen LogP) is 1.61. The van der Waals surface area contributed by atoms with Gasteiger partial charge in [-0.25, -0.2) is 4.39 Å². The standard InChI is InChI=1S/C11H12FNO3S/c1-13(9-4-2-8(12)3-5-9)10(14)6-17-7-11(15)16/h2-5H,6-7H2,1H3,(H,15,16). The van der Waals surface area contributed by atoms with Gasteiger partial charge in [-0.1, -0.05) is 0 Å². The molecule has 1 N–H and O–H groups in total. The number of benzene rings is 1. The summed E-state index contributed by atoms with van der Waals surface area (Å²) in [5, 5.41) is 8.43. The number of rotatable bonds is 5. The molecule has 0 atom stereocenters. The molecule has 17 heavy (non-hydrogen) atoms. The molecular weight excluding hydrogens is 245 g/mol. The summed E-state index contributed by atoms with van der Waals surface area (Å²) in [7, 11) is 1.57. The smallest absolute Gasteiger partial charge is 0.313 e. The van der Waals surface area contributed by atoms with Crippen molar-refractivity contribution in [3.05, 3.63) is 30.1 Å². The molecule has 6 heteroatoms. The Hall–Kier alpha value is -1.56. The molecule has 0 aliphatic carbocycles. The van der Waals surface area contributed by atoms with E-state index in [2.05, 4.69) is 0 Å². The molecule has 0 heterocycles. The normalized spacial score (nSPS) is 10.0. The van der Waals surface area contributed by atoms with Crippen molar-refractivity contribution < 1.29 is 19.1 Å². The number of aliphatic carboxylic acids is 1. The number of carbonyl (C=O) groups excluding carboxylic acids is 1. The number of thioether (sulfide) groups is 1. The number of hydrogen-bond acceptors (Lipinski definition) is 3. The largest absolute Gasteiger partial charge is 0.481 e. The van der Waals surface area contributed by atoms with Gasteiger partial charge in [0, 0.05) is 12.7 Å². The number of nitrogens with zero attached hydrogens (tertiary/aromatic N) is 1. The Labute approximate surface area is 102 Å². The molecule has 1 aromatic rings. The van der Waals surface area contributed by atoms with E-state index >= 15 is 0 Å². The minimum atomic E-state index is -0.952. The molecule has 0 saturated heterocycles. The number of carbonyl (C=O) groups is 2. The highest BCUT2D eigenvalue weighted by molar-refractivity contribution is 8.00. The van der Waals surface area contributed by atoms with Crippen molar-refractivity contribution in [1.82, 2.24) is 0 Å². The molecule has 1 aromatic carbocycles. The first kappa shape index (κ1) is 13.5. The molecule has 4 nitrogen and oxygen atoms in total. The minimum Gasteiger partial charge on any atom is -0.481 e. The molecule has 0 fully saturated rings. The number of anilines is 1. The van der Waals surface area contributed by atoms with E-state index in [-0.39, 0.29) is 23.2 Å². The van der Waals surface area contributed by atoms with E-state index in [4.69, 9.17) is 5.11 Å². The number of carboxylic acid groups (broad SMARTS) is 1. The molecule has 0 aromatic heterocycles. The summed E-state index contributed by atoms with van der Waals surface area (Å²) in [6.45, 7) is 0. The predicted molar refractivity (Wildman–Crippen MR) is 64.8 cm³/mol. The lowest BCUT2D eigenvalue weighted by Gasteiger charge is -2.16. The molecule has 92 valence electrons. The van der Waals surface area contributed by atoms with Crippen molar-refractivity contribution >= 4 is 29.3 Å². The Bertz CT molecular complexity index is 408. The van der Waals surface area contributed by atoms with Crippen molar-refractivity contribution in [3.63, 3.8) is 0 Å². The van der Waals surface area contributed by atoms with Crippen molar-refractivity contribution in [1.29, 1.82) is 0 Å². The van der Waals surface area contributed by atoms with E-state index in [0.717, 1.165) is 11.8 Å². The van der Waals surface area contributed by atoms with E-state index < -0.39 is 5.97 Å². The van der Waals surface area contributed by atoms with Gasteiger partial charge in [0.05, 0.1) is 11.5 Å². The lowest BCUT2D eigenvalue weighted by atomic mass is 10.3. The molecule has 0 aliphatic heterocycles. The second-order valence-electron chi connectivity index (χ2n) is 3.32. The second-order valence-corrected chi connectivity index (χ2v) is 4.30. The number of amides is 1. The maximum Gasteiger partial charge on any atom is 0.313 e. The maximum absolute atomic E-state index is 12.7. The summed E-state index contributed by atoms with van der Waals surface area (Å²) in [6.07, 6.45) is 0. The van der Waals surface area contributed by atoms with Crippen LogP contribution in [0.4, 0.5) is 10.1 Å². The Kier molecular flexibility index (Phi) is 4.96. The highest BCUT2D eigenvalue weighted by atomic mass is 32.2. The van der Waals surface area contributed by atoms with Gasteiger partial charge in [-0.2, -0.15) is 0 Å². The van der Waals surface area contributed by atoms with Gasteiger partial charge in [-0.15, -0.1) is 11.8 Å². The van der Waals surface area contributed by atoms with Gasteiger partial charge in [-0.05, 0) is 24.3 Å². The third-order valence-electron chi connectivity index (χ3n) is 2.04. The van der Waals surface area contributed by atoms with Crippen LogP contribution < -0.4 is 4.90 Å². The average molecular weight is 257 g/mol. The molecule has 0 bridgehead atoms. The van der Waals surface area contributed by atoms with E-state index in [9.17, 15) is 14.0 Å². The van der Waals surface area contributed by atoms with Crippen LogP contribution in [-0.4, -0.2) is 35.5 Å². The third kappa shape index (κ3) is 4.44. The fraction of sp³-hybridized carbons (Fsp3) is 0.273. The van der Waals surface area contributed by atoms with Crippen LogP contribution in [0.15, 0.2) is 24.3 Å². The summed E-state index contributed by atoms with van der Waals surface area (Å²) >= 11 is 1.03. The Morgan fingerprint density at radius 2 is 1.88 bits per heavy atom. The SMILES string of the molecule is CN(C(=O)CSCC(=O)O)c1ccc(F)cc1. The number of hydrogen-bond donors (Lipinski definition) is 1. The third-order valence-corrected chi connectivity index (χ3v) is 2.94. The maximum atomic E-state index is 12.7. The van der Waals surface area contributed by atoms with Crippen molar-refractivity contribution in [3.8, 4) is 0 Å². The molecule has 1 amide bonds. The van der Waals surface area contributed by atoms with Gasteiger partial charge in [0.2, 0.25) is 5.91 Å². The van der Waals surface area contributed by atoms with Gasteiger partial charge in [0.15, 0.2) is 0 Å². The fourth-order valence-corrected chi connectivity index (χ4v) is 1.78. The topological polar surface area (TPSA) is 57.6 Å². The summed E-state index contributed by atoms with van der Waals surface area (Å²) in [4.78, 5) is 23.3. The van der Waals surface area contributed by atoms with E-state index in [1.165, 1.54) is 29.2 Å². The van der Waals surface area contributed by atoms with E-state index in [1.807, 2.05) is 0 Å². The summed E-state index contributed by atoms with van der Waals surface area (Å²) in [5.41, 5.74) is 0.576. The van der Waals surface area contributed by atoms with Gasteiger partial charge >= 0.3 is 5.97 Å². The lowest BCUT2D eigenvalue weighted by Crippen LogP contribution is -2.28. The van der Waals surface area contributed by atoms with E-state index in [1.54, 1.807) is 7.05 Å². The van der Waals surface area contributed by atoms with Crippen LogP contribution in [0.2, 0.25) is 0 Å². The van der Waals surface area contributed by atoms with Crippen molar-refractivity contribution in [2.45, 2.75) is 0 Å². The zero-order valence-electron chi connectivity index (χ0n) is 9.22. The molecule has 0 aliphatic rings. The van der Waals surface area contributed by atoms with Crippen LogP contribution in [0.25, 0.3) is 0 Å². The Balaban J connectivity index is 2.51. The Morgan fingerprint density at radius 3 is 2.41 bits per heavy atom. The van der Waals surface area contributed by atoms with Crippen LogP contribution in [-0.2, 0) is 9.59 Å². The quantitative estimate of drug-likeness (QED) is 0.870. The summed E-state index contributed by atoms with van der Waals surface area (Å²) in [5.74, 6) is -1.56. The first-order valence-corrected chi connectivity index (χ1v) is 5.98. The van der Waals surface area contributed by atoms with Gasteiger partial charge in [0.1, 0.15) is 5.82 Å². The minimum absolute atomic E-state index is 0.0835. The highest BCUT2D eigenvalue weighted by Gasteiger charge is 2.11. The van der Waals surface area contributed by atoms with Crippen molar-refractivity contribution in [2.75, 3.05) is 23.5 Å². The van der Waals surface area contributed by atoms with Crippen LogP contribution in [0.3, 0.4) is 0 Å². The first-order valence-electron chi connectivity index (χ1n) is 4.82. The molecule has 0 radical (unpaired) electrons. The van der Waals surface area contributed by atoms with Crippen LogP contribution in [0, 0.1) is 5.82 Å². The van der Waals surface area contributed by atoms with Gasteiger partial charge < -0.3 is 10.0 Å². The highest BCUT2D eigenvalue weighted by Crippen LogP contribution is 2.14. The summed E-state index contributed by atoms with van der Waals surface area (Å²) in [6, 6.07) is 5.53. The molecule has 0 saturated carbocycles. The molecular formula is C11H12FNO3S. The second kappa shape index (κ2) is 6.24. The van der Waals surface area contributed by atoms with Crippen molar-refractivity contribution in [2.24, 2.45) is 0 Å². The fourth-order valence-electron chi connectivity index (χ4n) is 1.13. The van der Waals surface area contributed by atoms with Gasteiger partial charge in [-0.3, -0.25) is 9.59 Å². The van der Waals surface area contributed by atoms with Crippen LogP contribution >= 0.6 is 11.8 Å². The zero-order valence-corrected chi connectivity index (χ0v) is 10.0. The van der Waals surface area contributed by atoms with Gasteiger partial charge in [0.25, 0.3) is 0 Å². The monoisotopic (exact) mass is 257 g/mol. The summed E-state index contributed by atoms with van der Waals surface area (Å²) < 4.78 is 12.7. The van der Waals surface area contributed by atoms with Crippen LogP contribution in [0.1, 0.15) is 0 Å². The number of carboxylic acids is 1. The molecule has 1 rings (SSSR count). The number of halogens is 1. The average Bonchev–Trinajstić information content (AvgIpc) is 2.28. The molecule has 0 spiro atoms. The van der Waals surface area contributed by atoms with Crippen LogP contribution in [0.5, 0.6) is 0 Å². The Morgan fingerprint density at radius 1 is 1.29 bits per heavy atom. The molecule has 0 unspecified atom stereocenters.